The van der Waals surface area contributed by atoms with Crippen LogP contribution in [0, 0.1) is 23.3 Å². The van der Waals surface area contributed by atoms with Crippen LogP contribution in [0.15, 0.2) is 11.0 Å². The summed E-state index contributed by atoms with van der Waals surface area (Å²) in [6.07, 6.45) is 0. The predicted octanol–water partition coefficient (Wildman–Crippen LogP) is 1.49. The van der Waals surface area contributed by atoms with Gasteiger partial charge in [-0.1, -0.05) is 0 Å². The van der Waals surface area contributed by atoms with Crippen LogP contribution in [0.5, 0.6) is 0 Å². The van der Waals surface area contributed by atoms with Crippen LogP contribution in [0.2, 0.25) is 0 Å². The van der Waals surface area contributed by atoms with Gasteiger partial charge < -0.3 is 0 Å². The zero-order chi connectivity index (χ0) is 11.1. The molecule has 8 heteroatoms. The van der Waals surface area contributed by atoms with E-state index in [1.165, 1.54) is 0 Å². The van der Waals surface area contributed by atoms with Crippen molar-refractivity contribution in [3.05, 3.63) is 29.3 Å². The largest absolute Gasteiger partial charge is 0.297 e. The van der Waals surface area contributed by atoms with Crippen molar-refractivity contribution in [1.29, 1.82) is 0 Å². The Morgan fingerprint density at radius 3 is 1.93 bits per heavy atom. The highest BCUT2D eigenvalue weighted by Crippen LogP contribution is 2.21. The molecule has 0 unspecified atom stereocenters. The summed E-state index contributed by atoms with van der Waals surface area (Å²) in [5.41, 5.74) is 0. The Balaban J connectivity index is 3.66. The van der Waals surface area contributed by atoms with Crippen LogP contribution in [0.4, 0.5) is 17.6 Å². The van der Waals surface area contributed by atoms with Gasteiger partial charge in [0.05, 0.1) is 0 Å². The van der Waals surface area contributed by atoms with Crippen molar-refractivity contribution >= 4 is 10.1 Å². The van der Waals surface area contributed by atoms with Gasteiger partial charge in [0.15, 0.2) is 23.3 Å². The molecule has 0 saturated heterocycles. The Morgan fingerprint density at radius 2 is 1.50 bits per heavy atom. The second-order valence-electron chi connectivity index (χ2n) is 2.27. The molecule has 0 fully saturated rings. The van der Waals surface area contributed by atoms with E-state index in [4.69, 9.17) is 4.55 Å². The number of hydrogen-bond donors (Lipinski definition) is 1. The van der Waals surface area contributed by atoms with E-state index in [9.17, 15) is 26.0 Å². The molecule has 0 spiro atoms. The highest BCUT2D eigenvalue weighted by Gasteiger charge is 2.25. The highest BCUT2D eigenvalue weighted by atomic mass is 32.2. The zero-order valence-electron chi connectivity index (χ0n) is 6.26. The maximum atomic E-state index is 12.6. The zero-order valence-corrected chi connectivity index (χ0v) is 7.08. The van der Waals surface area contributed by atoms with Crippen LogP contribution in [-0.2, 0) is 10.1 Å². The second-order valence-corrected chi connectivity index (χ2v) is 3.66. The van der Waals surface area contributed by atoms with Crippen LogP contribution in [-0.4, -0.2) is 13.0 Å². The number of hydrogen-bond acceptors (Lipinski definition) is 2. The van der Waals surface area contributed by atoms with Gasteiger partial charge >= 0.3 is 0 Å². The monoisotopic (exact) mass is 230 g/mol. The minimum Gasteiger partial charge on any atom is -0.282 e. The Hall–Kier alpha value is -1.15. The summed E-state index contributed by atoms with van der Waals surface area (Å²) in [5, 5.41) is 0. The Kier molecular flexibility index (Phi) is 2.50. The van der Waals surface area contributed by atoms with E-state index in [1.54, 1.807) is 0 Å². The van der Waals surface area contributed by atoms with Crippen LogP contribution in [0.1, 0.15) is 0 Å². The Bertz CT molecular complexity index is 482. The molecule has 1 N–H and O–H groups in total. The average molecular weight is 230 g/mol. The molecule has 3 nitrogen and oxygen atoms in total. The summed E-state index contributed by atoms with van der Waals surface area (Å²) < 4.78 is 78.7. The highest BCUT2D eigenvalue weighted by molar-refractivity contribution is 7.85. The fourth-order valence-corrected chi connectivity index (χ4v) is 1.31. The number of halogens is 4. The third-order valence-corrected chi connectivity index (χ3v) is 2.20. The maximum Gasteiger partial charge on any atom is 0.297 e. The molecule has 78 valence electrons. The standard InChI is InChI=1S/C6H2F4O3S/c7-2-1-3(14(11,12)13)5(9)6(10)4(2)8/h1H,(H,11,12,13). The van der Waals surface area contributed by atoms with Gasteiger partial charge in [-0.05, 0) is 0 Å². The molecule has 0 amide bonds. The second kappa shape index (κ2) is 3.21. The molecule has 1 aromatic carbocycles. The Morgan fingerprint density at radius 1 is 1.00 bits per heavy atom. The molecule has 0 radical (unpaired) electrons. The van der Waals surface area contributed by atoms with E-state index in [2.05, 4.69) is 0 Å². The molecule has 0 saturated carbocycles. The molecular formula is C6H2F4O3S. The van der Waals surface area contributed by atoms with Crippen molar-refractivity contribution in [2.45, 2.75) is 4.90 Å². The first-order chi connectivity index (χ1) is 6.25. The van der Waals surface area contributed by atoms with E-state index >= 15 is 0 Å². The molecule has 0 aliphatic carbocycles. The normalized spacial score (nSPS) is 11.8. The first-order valence-corrected chi connectivity index (χ1v) is 4.49. The lowest BCUT2D eigenvalue weighted by atomic mass is 10.3. The molecule has 0 heterocycles. The van der Waals surface area contributed by atoms with Gasteiger partial charge in [0.2, 0.25) is 0 Å². The minimum atomic E-state index is -5.12. The van der Waals surface area contributed by atoms with E-state index in [1.807, 2.05) is 0 Å². The minimum absolute atomic E-state index is 0.150. The van der Waals surface area contributed by atoms with Crippen molar-refractivity contribution in [2.75, 3.05) is 0 Å². The lowest BCUT2D eigenvalue weighted by molar-refractivity contribution is 0.390. The molecule has 0 atom stereocenters. The van der Waals surface area contributed by atoms with Gasteiger partial charge in [-0.25, -0.2) is 17.6 Å². The van der Waals surface area contributed by atoms with Gasteiger partial charge in [0.25, 0.3) is 10.1 Å². The van der Waals surface area contributed by atoms with Gasteiger partial charge in [0, 0.05) is 6.07 Å². The van der Waals surface area contributed by atoms with Crippen LogP contribution in [0.25, 0.3) is 0 Å². The summed E-state index contributed by atoms with van der Waals surface area (Å²) >= 11 is 0. The van der Waals surface area contributed by atoms with Gasteiger partial charge in [-0.3, -0.25) is 4.55 Å². The number of benzene rings is 1. The van der Waals surface area contributed by atoms with Crippen molar-refractivity contribution in [3.63, 3.8) is 0 Å². The van der Waals surface area contributed by atoms with Crippen LogP contribution >= 0.6 is 0 Å². The van der Waals surface area contributed by atoms with E-state index < -0.39 is 38.3 Å². The lowest BCUT2D eigenvalue weighted by Crippen LogP contribution is -2.07. The summed E-state index contributed by atoms with van der Waals surface area (Å²) in [4.78, 5) is -1.64. The van der Waals surface area contributed by atoms with E-state index in [0.717, 1.165) is 0 Å². The quantitative estimate of drug-likeness (QED) is 0.344. The third-order valence-electron chi connectivity index (χ3n) is 1.35. The first kappa shape index (κ1) is 10.9. The lowest BCUT2D eigenvalue weighted by Gasteiger charge is -2.01. The van der Waals surface area contributed by atoms with Crippen molar-refractivity contribution < 1.29 is 30.5 Å². The molecule has 1 rings (SSSR count). The molecule has 0 aromatic heterocycles. The molecule has 1 aromatic rings. The summed E-state index contributed by atoms with van der Waals surface area (Å²) in [5.74, 6) is -8.50. The van der Waals surface area contributed by atoms with Gasteiger partial charge in [-0.15, -0.1) is 0 Å². The fourth-order valence-electron chi connectivity index (χ4n) is 0.739. The van der Waals surface area contributed by atoms with Crippen LogP contribution in [0.3, 0.4) is 0 Å². The van der Waals surface area contributed by atoms with Crippen molar-refractivity contribution in [3.8, 4) is 0 Å². The molecule has 14 heavy (non-hydrogen) atoms. The molecular weight excluding hydrogens is 228 g/mol. The topological polar surface area (TPSA) is 54.4 Å². The summed E-state index contributed by atoms with van der Waals surface area (Å²) in [7, 11) is -5.12. The van der Waals surface area contributed by atoms with Gasteiger partial charge in [0.1, 0.15) is 4.90 Å². The third kappa shape index (κ3) is 1.70. The van der Waals surface area contributed by atoms with E-state index in [-0.39, 0.29) is 6.07 Å². The van der Waals surface area contributed by atoms with Crippen molar-refractivity contribution in [1.82, 2.24) is 0 Å². The van der Waals surface area contributed by atoms with E-state index in [0.29, 0.717) is 0 Å². The first-order valence-electron chi connectivity index (χ1n) is 3.05. The molecule has 0 aliphatic heterocycles. The number of rotatable bonds is 1. The predicted molar refractivity (Wildman–Crippen MR) is 36.1 cm³/mol. The smallest absolute Gasteiger partial charge is 0.282 e. The van der Waals surface area contributed by atoms with Gasteiger partial charge in [-0.2, -0.15) is 8.42 Å². The summed E-state index contributed by atoms with van der Waals surface area (Å²) in [6.45, 7) is 0. The fraction of sp³-hybridized carbons (Fsp3) is 0. The molecule has 0 bridgehead atoms. The maximum absolute atomic E-state index is 12.6. The summed E-state index contributed by atoms with van der Waals surface area (Å²) in [6, 6.07) is -0.150. The molecule has 0 aliphatic rings. The SMILES string of the molecule is O=S(=O)(O)c1cc(F)c(F)c(F)c1F. The average Bonchev–Trinajstić information content (AvgIpc) is 2.06. The van der Waals surface area contributed by atoms with Crippen molar-refractivity contribution in [2.24, 2.45) is 0 Å². The van der Waals surface area contributed by atoms with Crippen LogP contribution < -0.4 is 0 Å². The Labute approximate surface area is 75.7 Å².